The van der Waals surface area contributed by atoms with Gasteiger partial charge in [-0.25, -0.2) is 4.79 Å². The maximum Gasteiger partial charge on any atom is 0.317 e. The first-order valence-electron chi connectivity index (χ1n) is 7.45. The summed E-state index contributed by atoms with van der Waals surface area (Å²) in [5.74, 6) is -0.784. The highest BCUT2D eigenvalue weighted by atomic mass is 16.5. The Morgan fingerprint density at radius 1 is 1.24 bits per heavy atom. The van der Waals surface area contributed by atoms with Crippen LogP contribution >= 0.6 is 0 Å². The average Bonchev–Trinajstić information content (AvgIpc) is 2.43. The number of ether oxygens (including phenoxy) is 1. The normalized spacial score (nSPS) is 16.8. The number of hydrogen-bond donors (Lipinski definition) is 2. The highest BCUT2D eigenvalue weighted by Gasteiger charge is 2.24. The fourth-order valence-corrected chi connectivity index (χ4v) is 2.27. The van der Waals surface area contributed by atoms with E-state index in [9.17, 15) is 9.59 Å². The molecule has 7 nitrogen and oxygen atoms in total. The minimum Gasteiger partial charge on any atom is -0.481 e. The highest BCUT2D eigenvalue weighted by molar-refractivity contribution is 5.74. The molecule has 7 heteroatoms. The van der Waals surface area contributed by atoms with Gasteiger partial charge < -0.3 is 20.1 Å². The van der Waals surface area contributed by atoms with Crippen molar-refractivity contribution in [2.75, 3.05) is 45.9 Å². The molecule has 0 radical (unpaired) electrons. The summed E-state index contributed by atoms with van der Waals surface area (Å²) in [6.07, 6.45) is 0.148. The van der Waals surface area contributed by atoms with Gasteiger partial charge in [-0.3, -0.25) is 9.69 Å². The van der Waals surface area contributed by atoms with Crippen LogP contribution in [0, 0.1) is 0 Å². The fourth-order valence-electron chi connectivity index (χ4n) is 2.27. The van der Waals surface area contributed by atoms with E-state index in [1.54, 1.807) is 4.90 Å². The predicted octanol–water partition coefficient (Wildman–Crippen LogP) is 0.603. The maximum absolute atomic E-state index is 12.1. The number of aliphatic carboxylic acids is 1. The lowest BCUT2D eigenvalue weighted by Gasteiger charge is -2.35. The van der Waals surface area contributed by atoms with Gasteiger partial charge in [0.25, 0.3) is 0 Å². The lowest BCUT2D eigenvalue weighted by molar-refractivity contribution is -0.137. The van der Waals surface area contributed by atoms with Gasteiger partial charge in [-0.15, -0.1) is 0 Å². The summed E-state index contributed by atoms with van der Waals surface area (Å²) in [6, 6.07) is -0.0827. The van der Waals surface area contributed by atoms with Crippen LogP contribution in [-0.4, -0.2) is 78.4 Å². The van der Waals surface area contributed by atoms with Gasteiger partial charge in [-0.1, -0.05) is 0 Å². The summed E-state index contributed by atoms with van der Waals surface area (Å²) in [5, 5.41) is 11.6. The summed E-state index contributed by atoms with van der Waals surface area (Å²) in [5.41, 5.74) is -0.367. The number of carbonyl (C=O) groups is 2. The Labute approximate surface area is 126 Å². The summed E-state index contributed by atoms with van der Waals surface area (Å²) < 4.78 is 5.54. The number of carboxylic acids is 1. The smallest absolute Gasteiger partial charge is 0.317 e. The molecule has 0 saturated carbocycles. The van der Waals surface area contributed by atoms with Crippen LogP contribution in [0.25, 0.3) is 0 Å². The molecule has 1 aliphatic rings. The number of piperazine rings is 1. The van der Waals surface area contributed by atoms with Crippen LogP contribution in [0.5, 0.6) is 0 Å². The number of nitrogens with one attached hydrogen (secondary N) is 1. The zero-order valence-corrected chi connectivity index (χ0v) is 13.2. The summed E-state index contributed by atoms with van der Waals surface area (Å²) in [6.45, 7) is 10.1. The number of carboxylic acid groups (broad SMARTS) is 1. The topological polar surface area (TPSA) is 82.1 Å². The molecule has 2 amide bonds. The molecular weight excluding hydrogens is 274 g/mol. The number of amides is 2. The van der Waals surface area contributed by atoms with Gasteiger partial charge in [-0.2, -0.15) is 0 Å². The Hall–Kier alpha value is -1.34. The second-order valence-electron chi connectivity index (χ2n) is 5.82. The molecule has 2 N–H and O–H groups in total. The van der Waals surface area contributed by atoms with Crippen molar-refractivity contribution in [3.63, 3.8) is 0 Å². The lowest BCUT2D eigenvalue weighted by atomic mass is 10.1. The zero-order valence-electron chi connectivity index (χ0n) is 13.2. The van der Waals surface area contributed by atoms with Crippen LogP contribution < -0.4 is 5.32 Å². The van der Waals surface area contributed by atoms with E-state index < -0.39 is 5.97 Å². The van der Waals surface area contributed by atoms with Crippen LogP contribution in [0.15, 0.2) is 0 Å². The van der Waals surface area contributed by atoms with Gasteiger partial charge in [0.05, 0.1) is 12.0 Å². The van der Waals surface area contributed by atoms with Gasteiger partial charge >= 0.3 is 12.0 Å². The van der Waals surface area contributed by atoms with Crippen molar-refractivity contribution in [3.05, 3.63) is 0 Å². The first-order valence-corrected chi connectivity index (χ1v) is 7.45. The van der Waals surface area contributed by atoms with Crippen molar-refractivity contribution >= 4 is 12.0 Å². The second kappa shape index (κ2) is 8.19. The number of urea groups is 1. The quantitative estimate of drug-likeness (QED) is 0.720. The van der Waals surface area contributed by atoms with E-state index >= 15 is 0 Å². The minimum absolute atomic E-state index is 0.0827. The predicted molar refractivity (Wildman–Crippen MR) is 79.4 cm³/mol. The van der Waals surface area contributed by atoms with Crippen LogP contribution in [0.1, 0.15) is 27.2 Å². The molecule has 0 aliphatic carbocycles. The third-order valence-electron chi connectivity index (χ3n) is 3.50. The Morgan fingerprint density at radius 3 is 2.38 bits per heavy atom. The van der Waals surface area contributed by atoms with E-state index in [1.165, 1.54) is 0 Å². The number of hydrogen-bond acceptors (Lipinski definition) is 4. The second-order valence-corrected chi connectivity index (χ2v) is 5.82. The zero-order chi connectivity index (χ0) is 15.9. The van der Waals surface area contributed by atoms with Gasteiger partial charge in [-0.05, 0) is 20.8 Å². The van der Waals surface area contributed by atoms with E-state index in [0.29, 0.717) is 32.8 Å². The maximum atomic E-state index is 12.1. The molecule has 0 aromatic heterocycles. The van der Waals surface area contributed by atoms with Crippen molar-refractivity contribution < 1.29 is 19.4 Å². The number of carbonyl (C=O) groups excluding carboxylic acids is 1. The Balaban J connectivity index is 2.27. The van der Waals surface area contributed by atoms with E-state index in [2.05, 4.69) is 10.2 Å². The summed E-state index contributed by atoms with van der Waals surface area (Å²) >= 11 is 0. The van der Waals surface area contributed by atoms with Gasteiger partial charge in [0.1, 0.15) is 0 Å². The van der Waals surface area contributed by atoms with Crippen molar-refractivity contribution in [1.29, 1.82) is 0 Å². The molecule has 1 heterocycles. The number of rotatable bonds is 7. The molecule has 1 rings (SSSR count). The third kappa shape index (κ3) is 6.77. The van der Waals surface area contributed by atoms with Crippen molar-refractivity contribution in [1.82, 2.24) is 15.1 Å². The summed E-state index contributed by atoms with van der Waals surface area (Å²) in [4.78, 5) is 26.4. The van der Waals surface area contributed by atoms with Crippen LogP contribution in [-0.2, 0) is 9.53 Å². The van der Waals surface area contributed by atoms with E-state index in [-0.39, 0.29) is 18.1 Å². The van der Waals surface area contributed by atoms with Crippen molar-refractivity contribution in [3.8, 4) is 0 Å². The molecule has 0 unspecified atom stereocenters. The Morgan fingerprint density at radius 2 is 1.86 bits per heavy atom. The SMILES string of the molecule is CCOC(C)(C)CNC(=O)N1CCN(CCC(=O)O)CC1. The van der Waals surface area contributed by atoms with Crippen LogP contribution in [0.2, 0.25) is 0 Å². The standard InChI is InChI=1S/C14H27N3O4/c1-4-21-14(2,3)11-15-13(20)17-9-7-16(8-10-17)6-5-12(18)19/h4-11H2,1-3H3,(H,15,20)(H,18,19). The molecule has 1 aliphatic heterocycles. The van der Waals surface area contributed by atoms with Crippen LogP contribution in [0.4, 0.5) is 4.79 Å². The monoisotopic (exact) mass is 301 g/mol. The number of nitrogens with zero attached hydrogens (tertiary/aromatic N) is 2. The molecule has 1 saturated heterocycles. The first-order chi connectivity index (χ1) is 9.84. The van der Waals surface area contributed by atoms with Crippen LogP contribution in [0.3, 0.4) is 0 Å². The molecule has 21 heavy (non-hydrogen) atoms. The fraction of sp³-hybridized carbons (Fsp3) is 0.857. The summed E-state index contributed by atoms with van der Waals surface area (Å²) in [7, 11) is 0. The van der Waals surface area contributed by atoms with Gasteiger partial charge in [0, 0.05) is 45.9 Å². The van der Waals surface area contributed by atoms with Crippen molar-refractivity contribution in [2.24, 2.45) is 0 Å². The van der Waals surface area contributed by atoms with E-state index in [0.717, 1.165) is 13.1 Å². The molecule has 122 valence electrons. The molecule has 0 bridgehead atoms. The van der Waals surface area contributed by atoms with E-state index in [1.807, 2.05) is 20.8 Å². The molecule has 0 aromatic carbocycles. The minimum atomic E-state index is -0.784. The molecule has 1 fully saturated rings. The lowest BCUT2D eigenvalue weighted by Crippen LogP contribution is -2.53. The van der Waals surface area contributed by atoms with Gasteiger partial charge in [0.2, 0.25) is 0 Å². The molecular formula is C14H27N3O4. The Bertz CT molecular complexity index is 352. The first kappa shape index (κ1) is 17.7. The molecule has 0 spiro atoms. The Kier molecular flexibility index (Phi) is 6.91. The largest absolute Gasteiger partial charge is 0.481 e. The third-order valence-corrected chi connectivity index (χ3v) is 3.50. The van der Waals surface area contributed by atoms with Crippen molar-refractivity contribution in [2.45, 2.75) is 32.8 Å². The molecule has 0 aromatic rings. The molecule has 0 atom stereocenters. The van der Waals surface area contributed by atoms with E-state index in [4.69, 9.17) is 9.84 Å². The van der Waals surface area contributed by atoms with Gasteiger partial charge in [0.15, 0.2) is 0 Å². The average molecular weight is 301 g/mol. The highest BCUT2D eigenvalue weighted by Crippen LogP contribution is 2.08.